The largest absolute Gasteiger partial charge is 0.573 e. The second kappa shape index (κ2) is 4.19. The van der Waals surface area contributed by atoms with Gasteiger partial charge >= 0.3 is 6.36 Å². The smallest absolute Gasteiger partial charge is 0.404 e. The van der Waals surface area contributed by atoms with E-state index in [1.165, 1.54) is 6.07 Å². The molecule has 1 aliphatic heterocycles. The van der Waals surface area contributed by atoms with Gasteiger partial charge in [0.2, 0.25) is 0 Å². The van der Waals surface area contributed by atoms with Gasteiger partial charge in [0.05, 0.1) is 6.20 Å². The van der Waals surface area contributed by atoms with Gasteiger partial charge < -0.3 is 9.64 Å². The molecule has 1 saturated heterocycles. The molecule has 1 aromatic heterocycles. The molecule has 0 aromatic carbocycles. The molecule has 0 bridgehead atoms. The lowest BCUT2D eigenvalue weighted by atomic mass is 10.4. The molecule has 88 valence electrons. The van der Waals surface area contributed by atoms with Crippen molar-refractivity contribution in [2.45, 2.75) is 19.2 Å². The van der Waals surface area contributed by atoms with Gasteiger partial charge in [-0.05, 0) is 25.0 Å². The van der Waals surface area contributed by atoms with Gasteiger partial charge in [0, 0.05) is 13.1 Å². The molecule has 3 nitrogen and oxygen atoms in total. The summed E-state index contributed by atoms with van der Waals surface area (Å²) in [6, 6.07) is 2.83. The zero-order valence-electron chi connectivity index (χ0n) is 8.50. The van der Waals surface area contributed by atoms with Gasteiger partial charge in [-0.2, -0.15) is 0 Å². The van der Waals surface area contributed by atoms with Crippen LogP contribution in [0.15, 0.2) is 18.3 Å². The normalized spacial score (nSPS) is 16.6. The van der Waals surface area contributed by atoms with E-state index in [1.54, 1.807) is 6.07 Å². The monoisotopic (exact) mass is 232 g/mol. The quantitative estimate of drug-likeness (QED) is 0.783. The number of anilines is 1. The lowest BCUT2D eigenvalue weighted by Gasteiger charge is -2.16. The molecule has 16 heavy (non-hydrogen) atoms. The van der Waals surface area contributed by atoms with E-state index in [2.05, 4.69) is 9.72 Å². The molecule has 6 heteroatoms. The Balaban J connectivity index is 2.04. The van der Waals surface area contributed by atoms with Crippen LogP contribution in [0.5, 0.6) is 5.75 Å². The van der Waals surface area contributed by atoms with Crippen molar-refractivity contribution in [3.05, 3.63) is 18.3 Å². The third kappa shape index (κ3) is 2.77. The zero-order valence-corrected chi connectivity index (χ0v) is 8.50. The van der Waals surface area contributed by atoms with Crippen LogP contribution in [0.1, 0.15) is 12.8 Å². The van der Waals surface area contributed by atoms with Crippen LogP contribution < -0.4 is 9.64 Å². The van der Waals surface area contributed by atoms with Gasteiger partial charge in [-0.25, -0.2) is 4.98 Å². The summed E-state index contributed by atoms with van der Waals surface area (Å²) in [5.74, 6) is 0.419. The molecule has 0 radical (unpaired) electrons. The second-order valence-corrected chi connectivity index (χ2v) is 3.59. The van der Waals surface area contributed by atoms with Crippen molar-refractivity contribution in [1.82, 2.24) is 4.98 Å². The van der Waals surface area contributed by atoms with E-state index in [9.17, 15) is 13.2 Å². The summed E-state index contributed by atoms with van der Waals surface area (Å²) in [6.07, 6.45) is -1.36. The number of halogens is 3. The second-order valence-electron chi connectivity index (χ2n) is 3.59. The van der Waals surface area contributed by atoms with E-state index in [4.69, 9.17) is 0 Å². The van der Waals surface area contributed by atoms with Crippen molar-refractivity contribution in [3.8, 4) is 5.75 Å². The molecule has 1 fully saturated rings. The summed E-state index contributed by atoms with van der Waals surface area (Å²) in [7, 11) is 0. The minimum Gasteiger partial charge on any atom is -0.404 e. The molecule has 1 aliphatic rings. The predicted octanol–water partition coefficient (Wildman–Crippen LogP) is 2.58. The average Bonchev–Trinajstić information content (AvgIpc) is 2.69. The number of ether oxygens (including phenoxy) is 1. The Morgan fingerprint density at radius 3 is 2.38 bits per heavy atom. The fourth-order valence-electron chi connectivity index (χ4n) is 1.70. The van der Waals surface area contributed by atoms with Gasteiger partial charge in [0.1, 0.15) is 11.6 Å². The Labute approximate surface area is 90.8 Å². The van der Waals surface area contributed by atoms with E-state index >= 15 is 0 Å². The summed E-state index contributed by atoms with van der Waals surface area (Å²) >= 11 is 0. The third-order valence-electron chi connectivity index (χ3n) is 2.38. The summed E-state index contributed by atoms with van der Waals surface area (Å²) in [4.78, 5) is 5.98. The SMILES string of the molecule is FC(F)(F)Oc1ccc(N2CCCC2)nc1. The molecule has 2 heterocycles. The number of rotatable bonds is 2. The van der Waals surface area contributed by atoms with E-state index in [-0.39, 0.29) is 5.75 Å². The molecule has 0 N–H and O–H groups in total. The van der Waals surface area contributed by atoms with E-state index in [1.807, 2.05) is 4.90 Å². The first-order valence-electron chi connectivity index (χ1n) is 5.01. The van der Waals surface area contributed by atoms with Crippen LogP contribution in [0.25, 0.3) is 0 Å². The number of hydrogen-bond donors (Lipinski definition) is 0. The Morgan fingerprint density at radius 2 is 1.88 bits per heavy atom. The van der Waals surface area contributed by atoms with Crippen LogP contribution in [0.3, 0.4) is 0 Å². The minimum absolute atomic E-state index is 0.282. The van der Waals surface area contributed by atoms with Crippen molar-refractivity contribution in [2.75, 3.05) is 18.0 Å². The maximum Gasteiger partial charge on any atom is 0.573 e. The molecule has 0 saturated carbocycles. The molecular formula is C10H11F3N2O. The molecule has 0 amide bonds. The van der Waals surface area contributed by atoms with Crippen molar-refractivity contribution in [3.63, 3.8) is 0 Å². The first-order chi connectivity index (χ1) is 7.54. The van der Waals surface area contributed by atoms with Gasteiger partial charge in [-0.1, -0.05) is 0 Å². The number of nitrogens with zero attached hydrogens (tertiary/aromatic N) is 2. The van der Waals surface area contributed by atoms with E-state index < -0.39 is 6.36 Å². The van der Waals surface area contributed by atoms with Gasteiger partial charge in [-0.15, -0.1) is 13.2 Å². The topological polar surface area (TPSA) is 25.4 Å². The number of alkyl halides is 3. The molecule has 0 atom stereocenters. The van der Waals surface area contributed by atoms with Crippen LogP contribution in [0.2, 0.25) is 0 Å². The third-order valence-corrected chi connectivity index (χ3v) is 2.38. The molecule has 0 unspecified atom stereocenters. The Morgan fingerprint density at radius 1 is 1.19 bits per heavy atom. The average molecular weight is 232 g/mol. The van der Waals surface area contributed by atoms with Crippen molar-refractivity contribution < 1.29 is 17.9 Å². The van der Waals surface area contributed by atoms with Gasteiger partial charge in [-0.3, -0.25) is 0 Å². The first-order valence-corrected chi connectivity index (χ1v) is 5.01. The summed E-state index contributed by atoms with van der Waals surface area (Å²) in [5, 5.41) is 0. The molecule has 1 aromatic rings. The summed E-state index contributed by atoms with van der Waals surface area (Å²) < 4.78 is 39.4. The predicted molar refractivity (Wildman–Crippen MR) is 52.4 cm³/mol. The standard InChI is InChI=1S/C10H11F3N2O/c11-10(12,13)16-8-3-4-9(14-7-8)15-5-1-2-6-15/h3-4,7H,1-2,5-6H2. The van der Waals surface area contributed by atoms with Crippen LogP contribution in [-0.4, -0.2) is 24.4 Å². The van der Waals surface area contributed by atoms with Crippen LogP contribution in [-0.2, 0) is 0 Å². The number of pyridine rings is 1. The molecule has 2 rings (SSSR count). The lowest BCUT2D eigenvalue weighted by Crippen LogP contribution is -2.20. The van der Waals surface area contributed by atoms with Crippen molar-refractivity contribution in [1.29, 1.82) is 0 Å². The number of hydrogen-bond acceptors (Lipinski definition) is 3. The highest BCUT2D eigenvalue weighted by Gasteiger charge is 2.31. The fourth-order valence-corrected chi connectivity index (χ4v) is 1.70. The van der Waals surface area contributed by atoms with Crippen LogP contribution in [0, 0.1) is 0 Å². The number of aromatic nitrogens is 1. The van der Waals surface area contributed by atoms with E-state index in [0.717, 1.165) is 32.1 Å². The summed E-state index contributed by atoms with van der Waals surface area (Å²) in [5.41, 5.74) is 0. The lowest BCUT2D eigenvalue weighted by molar-refractivity contribution is -0.274. The molecular weight excluding hydrogens is 221 g/mol. The van der Waals surface area contributed by atoms with Crippen molar-refractivity contribution in [2.24, 2.45) is 0 Å². The Kier molecular flexibility index (Phi) is 2.89. The van der Waals surface area contributed by atoms with Crippen molar-refractivity contribution >= 4 is 5.82 Å². The maximum absolute atomic E-state index is 11.9. The van der Waals surface area contributed by atoms with Gasteiger partial charge in [0.25, 0.3) is 0 Å². The minimum atomic E-state index is -4.66. The Bertz CT molecular complexity index is 344. The Hall–Kier alpha value is -1.46. The highest BCUT2D eigenvalue weighted by Crippen LogP contribution is 2.24. The zero-order chi connectivity index (χ0) is 11.6. The molecule has 0 aliphatic carbocycles. The van der Waals surface area contributed by atoms with Crippen LogP contribution in [0.4, 0.5) is 19.0 Å². The highest BCUT2D eigenvalue weighted by molar-refractivity contribution is 5.41. The van der Waals surface area contributed by atoms with E-state index in [0.29, 0.717) is 5.82 Å². The van der Waals surface area contributed by atoms with Crippen LogP contribution >= 0.6 is 0 Å². The van der Waals surface area contributed by atoms with Gasteiger partial charge in [0.15, 0.2) is 0 Å². The highest BCUT2D eigenvalue weighted by atomic mass is 19.4. The fraction of sp³-hybridized carbons (Fsp3) is 0.500. The molecule has 0 spiro atoms. The summed E-state index contributed by atoms with van der Waals surface area (Å²) in [6.45, 7) is 1.82. The maximum atomic E-state index is 11.9. The first kappa shape index (κ1) is 11.0.